The number of hydrogen-bond donors (Lipinski definition) is 3. The van der Waals surface area contributed by atoms with E-state index in [1.54, 1.807) is 13.2 Å². The molecule has 0 fully saturated rings. The number of carbonyl (C=O) groups is 2. The summed E-state index contributed by atoms with van der Waals surface area (Å²) in [6.07, 6.45) is 2.67. The number of nitriles is 1. The Hall–Kier alpha value is -3.70. The van der Waals surface area contributed by atoms with E-state index >= 15 is 0 Å². The summed E-state index contributed by atoms with van der Waals surface area (Å²) in [4.78, 5) is 28.7. The fraction of sp³-hybridized carbons (Fsp3) is 0.280. The highest BCUT2D eigenvalue weighted by atomic mass is 35.5. The van der Waals surface area contributed by atoms with Crippen LogP contribution in [0.25, 0.3) is 0 Å². The molecule has 2 aromatic rings. The van der Waals surface area contributed by atoms with Crippen molar-refractivity contribution in [3.05, 3.63) is 75.7 Å². The molecule has 9 heteroatoms. The van der Waals surface area contributed by atoms with Gasteiger partial charge in [-0.05, 0) is 41.8 Å². The maximum atomic E-state index is 14.1. The molecular weight excluding hydrogens is 457 g/mol. The van der Waals surface area contributed by atoms with E-state index in [9.17, 15) is 19.2 Å². The standard InChI is InChI=1S/C25H25ClFN5O2/c1-14(2)13-32-23(16(11-29)12-30-3)22(20-5-4-18(27)9-21(20)25(32)34)24(33)31-19-7-15(10-28)6-17(26)8-19/h4-9,11-12,14,22-23,29-30H,13H2,1-3H3,(H,31,33)/b16-12+,29-11?/t22-,23+/m1/s1. The highest BCUT2D eigenvalue weighted by molar-refractivity contribution is 6.31. The first kappa shape index (κ1) is 24.9. The molecule has 176 valence electrons. The van der Waals surface area contributed by atoms with Gasteiger partial charge in [0.05, 0.1) is 23.6 Å². The van der Waals surface area contributed by atoms with E-state index in [0.29, 0.717) is 23.4 Å². The SMILES string of the molecule is CN/C=C(\C=N)[C@H]1[C@H](C(=O)Nc2cc(Cl)cc(C#N)c2)c2ccc(F)cc2C(=O)N1CC(C)C. The topological polar surface area (TPSA) is 109 Å². The monoisotopic (exact) mass is 481 g/mol. The van der Waals surface area contributed by atoms with Gasteiger partial charge < -0.3 is 20.9 Å². The number of carbonyl (C=O) groups excluding carboxylic acids is 2. The second-order valence-corrected chi connectivity index (χ2v) is 8.85. The third-order valence-electron chi connectivity index (χ3n) is 5.45. The molecule has 0 saturated carbocycles. The zero-order valence-electron chi connectivity index (χ0n) is 19.0. The molecule has 1 aliphatic heterocycles. The summed E-state index contributed by atoms with van der Waals surface area (Å²) in [6.45, 7) is 4.16. The van der Waals surface area contributed by atoms with Crippen LogP contribution in [-0.4, -0.2) is 42.6 Å². The van der Waals surface area contributed by atoms with Crippen LogP contribution in [0.4, 0.5) is 10.1 Å². The highest BCUT2D eigenvalue weighted by Gasteiger charge is 2.45. The van der Waals surface area contributed by atoms with Crippen molar-refractivity contribution in [2.45, 2.75) is 25.8 Å². The Bertz CT molecular complexity index is 1200. The van der Waals surface area contributed by atoms with E-state index in [4.69, 9.17) is 17.0 Å². The van der Waals surface area contributed by atoms with Crippen LogP contribution in [0.1, 0.15) is 41.3 Å². The van der Waals surface area contributed by atoms with Crippen molar-refractivity contribution in [3.63, 3.8) is 0 Å². The lowest BCUT2D eigenvalue weighted by Gasteiger charge is -2.42. The average molecular weight is 482 g/mol. The second kappa shape index (κ2) is 10.5. The van der Waals surface area contributed by atoms with Gasteiger partial charge >= 0.3 is 0 Å². The lowest BCUT2D eigenvalue weighted by molar-refractivity contribution is -0.118. The Labute approximate surface area is 202 Å². The van der Waals surface area contributed by atoms with E-state index in [0.717, 1.165) is 12.3 Å². The summed E-state index contributed by atoms with van der Waals surface area (Å²) in [5.74, 6) is -2.36. The van der Waals surface area contributed by atoms with Gasteiger partial charge in [0.25, 0.3) is 5.91 Å². The Morgan fingerprint density at radius 2 is 2.06 bits per heavy atom. The predicted molar refractivity (Wildman–Crippen MR) is 130 cm³/mol. The molecule has 34 heavy (non-hydrogen) atoms. The van der Waals surface area contributed by atoms with Gasteiger partial charge in [-0.25, -0.2) is 4.39 Å². The van der Waals surface area contributed by atoms with Gasteiger partial charge in [0.2, 0.25) is 5.91 Å². The quantitative estimate of drug-likeness (QED) is 0.512. The van der Waals surface area contributed by atoms with E-state index in [1.807, 2.05) is 19.9 Å². The molecule has 0 unspecified atom stereocenters. The van der Waals surface area contributed by atoms with Gasteiger partial charge in [0.15, 0.2) is 0 Å². The van der Waals surface area contributed by atoms with Gasteiger partial charge in [0.1, 0.15) is 5.82 Å². The summed E-state index contributed by atoms with van der Waals surface area (Å²) in [6, 6.07) is 9.45. The molecule has 0 spiro atoms. The third-order valence-corrected chi connectivity index (χ3v) is 5.67. The van der Waals surface area contributed by atoms with Crippen molar-refractivity contribution in [1.82, 2.24) is 10.2 Å². The summed E-state index contributed by atoms with van der Waals surface area (Å²) < 4.78 is 14.1. The number of benzene rings is 2. The largest absolute Gasteiger partial charge is 0.394 e. The van der Waals surface area contributed by atoms with Gasteiger partial charge in [-0.15, -0.1) is 0 Å². The minimum absolute atomic E-state index is 0.0537. The van der Waals surface area contributed by atoms with Crippen LogP contribution in [0.5, 0.6) is 0 Å². The molecule has 2 atom stereocenters. The first-order valence-electron chi connectivity index (χ1n) is 10.7. The normalized spacial score (nSPS) is 17.7. The number of fused-ring (bicyclic) bond motifs is 1. The average Bonchev–Trinajstić information content (AvgIpc) is 2.78. The zero-order chi connectivity index (χ0) is 25.0. The molecule has 0 saturated heterocycles. The van der Waals surface area contributed by atoms with Crippen molar-refractivity contribution in [3.8, 4) is 6.07 Å². The Morgan fingerprint density at radius 3 is 2.68 bits per heavy atom. The predicted octanol–water partition coefficient (Wildman–Crippen LogP) is 4.31. The zero-order valence-corrected chi connectivity index (χ0v) is 19.8. The van der Waals surface area contributed by atoms with Crippen LogP contribution in [0.15, 0.2) is 48.2 Å². The van der Waals surface area contributed by atoms with Crippen LogP contribution >= 0.6 is 11.6 Å². The van der Waals surface area contributed by atoms with Crippen molar-refractivity contribution in [1.29, 1.82) is 10.7 Å². The molecule has 2 amide bonds. The van der Waals surface area contributed by atoms with Crippen LogP contribution in [0.3, 0.4) is 0 Å². The first-order valence-corrected chi connectivity index (χ1v) is 11.1. The molecule has 0 radical (unpaired) electrons. The molecular formula is C25H25ClFN5O2. The maximum absolute atomic E-state index is 14.1. The Kier molecular flexibility index (Phi) is 7.69. The molecule has 2 aromatic carbocycles. The number of halogens is 2. The molecule has 3 rings (SSSR count). The van der Waals surface area contributed by atoms with Crippen LogP contribution in [-0.2, 0) is 4.79 Å². The molecule has 0 aliphatic carbocycles. The van der Waals surface area contributed by atoms with Crippen LogP contribution in [0, 0.1) is 28.5 Å². The minimum Gasteiger partial charge on any atom is -0.394 e. The van der Waals surface area contributed by atoms with E-state index in [2.05, 4.69) is 10.6 Å². The smallest absolute Gasteiger partial charge is 0.254 e. The second-order valence-electron chi connectivity index (χ2n) is 8.41. The van der Waals surface area contributed by atoms with Crippen molar-refractivity contribution in [2.75, 3.05) is 18.9 Å². The number of nitrogens with zero attached hydrogens (tertiary/aromatic N) is 2. The summed E-state index contributed by atoms with van der Waals surface area (Å²) in [5.41, 5.74) is 1.47. The van der Waals surface area contributed by atoms with Gasteiger partial charge in [-0.3, -0.25) is 9.59 Å². The van der Waals surface area contributed by atoms with Gasteiger partial charge in [-0.2, -0.15) is 5.26 Å². The maximum Gasteiger partial charge on any atom is 0.254 e. The molecule has 1 heterocycles. The number of nitrogens with one attached hydrogen (secondary N) is 3. The Morgan fingerprint density at radius 1 is 1.32 bits per heavy atom. The summed E-state index contributed by atoms with van der Waals surface area (Å²) >= 11 is 6.09. The summed E-state index contributed by atoms with van der Waals surface area (Å²) in [7, 11) is 1.66. The van der Waals surface area contributed by atoms with Crippen molar-refractivity contribution >= 4 is 35.3 Å². The lowest BCUT2D eigenvalue weighted by Crippen LogP contribution is -2.53. The first-order chi connectivity index (χ1) is 16.2. The number of amides is 2. The van der Waals surface area contributed by atoms with Gasteiger partial charge in [0, 0.05) is 47.9 Å². The van der Waals surface area contributed by atoms with Crippen LogP contribution < -0.4 is 10.6 Å². The lowest BCUT2D eigenvalue weighted by atomic mass is 9.78. The van der Waals surface area contributed by atoms with Crippen molar-refractivity contribution in [2.24, 2.45) is 5.92 Å². The van der Waals surface area contributed by atoms with E-state index < -0.39 is 29.6 Å². The van der Waals surface area contributed by atoms with Crippen LogP contribution in [0.2, 0.25) is 5.02 Å². The highest BCUT2D eigenvalue weighted by Crippen LogP contribution is 2.38. The Balaban J connectivity index is 2.19. The molecule has 7 nitrogen and oxygen atoms in total. The van der Waals surface area contributed by atoms with E-state index in [-0.39, 0.29) is 22.1 Å². The molecule has 0 bridgehead atoms. The van der Waals surface area contributed by atoms with Gasteiger partial charge in [-0.1, -0.05) is 31.5 Å². The fourth-order valence-corrected chi connectivity index (χ4v) is 4.42. The molecule has 3 N–H and O–H groups in total. The van der Waals surface area contributed by atoms with Crippen molar-refractivity contribution < 1.29 is 14.0 Å². The number of hydrogen-bond acceptors (Lipinski definition) is 5. The fourth-order valence-electron chi connectivity index (χ4n) is 4.19. The third kappa shape index (κ3) is 5.10. The number of rotatable bonds is 7. The molecule has 0 aromatic heterocycles. The number of anilines is 1. The molecule has 1 aliphatic rings. The van der Waals surface area contributed by atoms with E-state index in [1.165, 1.54) is 35.2 Å². The summed E-state index contributed by atoms with van der Waals surface area (Å²) in [5, 5.41) is 23.2. The minimum atomic E-state index is -0.947.